The number of thiazole rings is 1. The van der Waals surface area contributed by atoms with E-state index < -0.39 is 0 Å². The average molecular weight is 247 g/mol. The molecule has 0 spiro atoms. The van der Waals surface area contributed by atoms with Crippen molar-refractivity contribution in [2.75, 3.05) is 0 Å². The SMILES string of the molecule is Cc1ccc(CC(N)c2cn3ccsc3n2)o1. The monoisotopic (exact) mass is 247 g/mol. The Morgan fingerprint density at radius 1 is 1.53 bits per heavy atom. The number of nitrogens with zero attached hydrogens (tertiary/aromatic N) is 2. The van der Waals surface area contributed by atoms with Crippen LogP contribution in [-0.4, -0.2) is 9.38 Å². The molecule has 88 valence electrons. The molecule has 3 aromatic heterocycles. The van der Waals surface area contributed by atoms with Crippen molar-refractivity contribution >= 4 is 16.3 Å². The number of hydrogen-bond donors (Lipinski definition) is 1. The zero-order valence-electron chi connectivity index (χ0n) is 9.46. The number of furan rings is 1. The topological polar surface area (TPSA) is 56.5 Å². The summed E-state index contributed by atoms with van der Waals surface area (Å²) in [5.41, 5.74) is 7.04. The van der Waals surface area contributed by atoms with Gasteiger partial charge < -0.3 is 10.2 Å². The molecule has 0 radical (unpaired) electrons. The van der Waals surface area contributed by atoms with Crippen LogP contribution in [0.5, 0.6) is 0 Å². The average Bonchev–Trinajstić information content (AvgIpc) is 2.92. The minimum Gasteiger partial charge on any atom is -0.466 e. The number of hydrogen-bond acceptors (Lipinski definition) is 4. The standard InChI is InChI=1S/C12H13N3OS/c1-8-2-3-9(16-8)6-10(13)11-7-15-4-5-17-12(15)14-11/h2-5,7,10H,6,13H2,1H3. The van der Waals surface area contributed by atoms with Gasteiger partial charge in [-0.15, -0.1) is 11.3 Å². The Labute approximate surface area is 103 Å². The van der Waals surface area contributed by atoms with Crippen LogP contribution in [0.3, 0.4) is 0 Å². The summed E-state index contributed by atoms with van der Waals surface area (Å²) in [5, 5.41) is 2.01. The van der Waals surface area contributed by atoms with Crippen molar-refractivity contribution in [1.29, 1.82) is 0 Å². The number of aromatic nitrogens is 2. The summed E-state index contributed by atoms with van der Waals surface area (Å²) in [6.07, 6.45) is 4.64. The van der Waals surface area contributed by atoms with E-state index in [-0.39, 0.29) is 6.04 Å². The van der Waals surface area contributed by atoms with Gasteiger partial charge in [0.25, 0.3) is 0 Å². The molecular weight excluding hydrogens is 234 g/mol. The van der Waals surface area contributed by atoms with Crippen LogP contribution >= 0.6 is 11.3 Å². The van der Waals surface area contributed by atoms with Crippen LogP contribution < -0.4 is 5.73 Å². The molecule has 0 aliphatic carbocycles. The summed E-state index contributed by atoms with van der Waals surface area (Å²) >= 11 is 1.61. The van der Waals surface area contributed by atoms with Gasteiger partial charge in [-0.25, -0.2) is 4.98 Å². The first kappa shape index (κ1) is 10.6. The van der Waals surface area contributed by atoms with Crippen molar-refractivity contribution in [3.63, 3.8) is 0 Å². The molecule has 1 unspecified atom stereocenters. The molecule has 0 aromatic carbocycles. The van der Waals surface area contributed by atoms with Gasteiger partial charge in [-0.2, -0.15) is 0 Å². The molecule has 3 heterocycles. The van der Waals surface area contributed by atoms with Crippen LogP contribution in [0.4, 0.5) is 0 Å². The lowest BCUT2D eigenvalue weighted by atomic mass is 10.1. The van der Waals surface area contributed by atoms with E-state index in [0.717, 1.165) is 22.2 Å². The Hall–Kier alpha value is -1.59. The Bertz CT molecular complexity index is 608. The highest BCUT2D eigenvalue weighted by atomic mass is 32.1. The molecule has 5 heteroatoms. The molecule has 0 aliphatic rings. The van der Waals surface area contributed by atoms with E-state index in [2.05, 4.69) is 4.98 Å². The first-order chi connectivity index (χ1) is 8.22. The molecule has 0 saturated heterocycles. The second-order valence-electron chi connectivity index (χ2n) is 4.08. The number of aryl methyl sites for hydroxylation is 1. The zero-order valence-corrected chi connectivity index (χ0v) is 10.3. The fourth-order valence-corrected chi connectivity index (χ4v) is 2.55. The number of rotatable bonds is 3. The Morgan fingerprint density at radius 3 is 3.12 bits per heavy atom. The second-order valence-corrected chi connectivity index (χ2v) is 4.95. The zero-order chi connectivity index (χ0) is 11.8. The van der Waals surface area contributed by atoms with Crippen molar-refractivity contribution in [3.8, 4) is 0 Å². The van der Waals surface area contributed by atoms with Crippen molar-refractivity contribution in [3.05, 3.63) is 47.1 Å². The molecule has 0 fully saturated rings. The number of nitrogens with two attached hydrogens (primary N) is 1. The molecule has 2 N–H and O–H groups in total. The molecule has 0 saturated carbocycles. The first-order valence-electron chi connectivity index (χ1n) is 5.45. The van der Waals surface area contributed by atoms with Gasteiger partial charge in [-0.1, -0.05) is 0 Å². The van der Waals surface area contributed by atoms with Crippen molar-refractivity contribution in [2.45, 2.75) is 19.4 Å². The molecule has 0 amide bonds. The lowest BCUT2D eigenvalue weighted by Crippen LogP contribution is -2.13. The van der Waals surface area contributed by atoms with Gasteiger partial charge in [-0.3, -0.25) is 4.40 Å². The minimum atomic E-state index is -0.118. The van der Waals surface area contributed by atoms with Crippen LogP contribution in [-0.2, 0) is 6.42 Å². The highest BCUT2D eigenvalue weighted by Gasteiger charge is 2.13. The summed E-state index contributed by atoms with van der Waals surface area (Å²) < 4.78 is 7.51. The third-order valence-electron chi connectivity index (χ3n) is 2.71. The number of fused-ring (bicyclic) bond motifs is 1. The fourth-order valence-electron chi connectivity index (χ4n) is 1.84. The van der Waals surface area contributed by atoms with Crippen LogP contribution in [0.1, 0.15) is 23.3 Å². The highest BCUT2D eigenvalue weighted by molar-refractivity contribution is 7.15. The lowest BCUT2D eigenvalue weighted by Gasteiger charge is -2.05. The summed E-state index contributed by atoms with van der Waals surface area (Å²) in [4.78, 5) is 5.47. The van der Waals surface area contributed by atoms with Gasteiger partial charge in [0.2, 0.25) is 0 Å². The van der Waals surface area contributed by atoms with E-state index in [1.165, 1.54) is 0 Å². The Morgan fingerprint density at radius 2 is 2.41 bits per heavy atom. The molecule has 3 aromatic rings. The molecule has 0 bridgehead atoms. The molecule has 0 aliphatic heterocycles. The third kappa shape index (κ3) is 1.99. The van der Waals surface area contributed by atoms with Gasteiger partial charge in [0.1, 0.15) is 11.5 Å². The van der Waals surface area contributed by atoms with E-state index in [0.29, 0.717) is 6.42 Å². The molecular formula is C12H13N3OS. The van der Waals surface area contributed by atoms with Crippen molar-refractivity contribution in [2.24, 2.45) is 5.73 Å². The van der Waals surface area contributed by atoms with Crippen LogP contribution in [0.25, 0.3) is 4.96 Å². The first-order valence-corrected chi connectivity index (χ1v) is 6.33. The van der Waals surface area contributed by atoms with Crippen LogP contribution in [0.15, 0.2) is 34.3 Å². The van der Waals surface area contributed by atoms with E-state index in [4.69, 9.17) is 10.2 Å². The van der Waals surface area contributed by atoms with E-state index in [9.17, 15) is 0 Å². The van der Waals surface area contributed by atoms with Gasteiger partial charge in [-0.05, 0) is 19.1 Å². The van der Waals surface area contributed by atoms with E-state index in [1.54, 1.807) is 11.3 Å². The predicted octanol–water partition coefficient (Wildman–Crippen LogP) is 2.54. The normalized spacial score (nSPS) is 13.3. The summed E-state index contributed by atoms with van der Waals surface area (Å²) in [5.74, 6) is 1.82. The predicted molar refractivity (Wildman–Crippen MR) is 67.1 cm³/mol. The van der Waals surface area contributed by atoms with Crippen molar-refractivity contribution in [1.82, 2.24) is 9.38 Å². The summed E-state index contributed by atoms with van der Waals surface area (Å²) in [6, 6.07) is 3.80. The maximum absolute atomic E-state index is 6.13. The number of imidazole rings is 1. The molecule has 3 rings (SSSR count). The fraction of sp³-hybridized carbons (Fsp3) is 0.250. The maximum Gasteiger partial charge on any atom is 0.193 e. The van der Waals surface area contributed by atoms with Crippen LogP contribution in [0, 0.1) is 6.92 Å². The summed E-state index contributed by atoms with van der Waals surface area (Å²) in [7, 11) is 0. The second kappa shape index (κ2) is 4.01. The third-order valence-corrected chi connectivity index (χ3v) is 3.48. The molecule has 17 heavy (non-hydrogen) atoms. The largest absolute Gasteiger partial charge is 0.466 e. The van der Waals surface area contributed by atoms with Gasteiger partial charge in [0, 0.05) is 24.2 Å². The van der Waals surface area contributed by atoms with Crippen LogP contribution in [0.2, 0.25) is 0 Å². The quantitative estimate of drug-likeness (QED) is 0.773. The maximum atomic E-state index is 6.13. The smallest absolute Gasteiger partial charge is 0.193 e. The minimum absolute atomic E-state index is 0.118. The summed E-state index contributed by atoms with van der Waals surface area (Å²) in [6.45, 7) is 1.93. The molecule has 1 atom stereocenters. The Balaban J connectivity index is 1.82. The van der Waals surface area contributed by atoms with Crippen molar-refractivity contribution < 1.29 is 4.42 Å². The van der Waals surface area contributed by atoms with E-state index >= 15 is 0 Å². The molecule has 4 nitrogen and oxygen atoms in total. The highest BCUT2D eigenvalue weighted by Crippen LogP contribution is 2.19. The van der Waals surface area contributed by atoms with Gasteiger partial charge in [0.05, 0.1) is 11.7 Å². The van der Waals surface area contributed by atoms with Gasteiger partial charge >= 0.3 is 0 Å². The van der Waals surface area contributed by atoms with E-state index in [1.807, 2.05) is 41.2 Å². The Kier molecular flexibility index (Phi) is 2.49. The lowest BCUT2D eigenvalue weighted by molar-refractivity contribution is 0.465. The van der Waals surface area contributed by atoms with Gasteiger partial charge in [0.15, 0.2) is 4.96 Å².